The van der Waals surface area contributed by atoms with Crippen LogP contribution in [0.5, 0.6) is 0 Å². The van der Waals surface area contributed by atoms with Crippen molar-refractivity contribution < 1.29 is 9.59 Å². The fourth-order valence-electron chi connectivity index (χ4n) is 3.31. The van der Waals surface area contributed by atoms with Crippen LogP contribution in [0.3, 0.4) is 0 Å². The molecule has 0 bridgehead atoms. The van der Waals surface area contributed by atoms with E-state index in [1.165, 1.54) is 24.2 Å². The molecule has 1 aliphatic carbocycles. The van der Waals surface area contributed by atoms with E-state index in [1.807, 2.05) is 0 Å². The van der Waals surface area contributed by atoms with E-state index in [-0.39, 0.29) is 18.0 Å². The van der Waals surface area contributed by atoms with Gasteiger partial charge in [0.1, 0.15) is 6.04 Å². The molecule has 1 aromatic carbocycles. The average Bonchev–Trinajstić information content (AvgIpc) is 2.74. The normalized spacial score (nSPS) is 23.5. The molecule has 0 radical (unpaired) electrons. The Morgan fingerprint density at radius 2 is 1.95 bits per heavy atom. The standard InChI is InChI=1S/C16H19ClN2O2/c17-12-7-4-8-13(10-12)19-15(20)14(18-16(19)21)9-11-5-2-1-3-6-11/h4,7-8,10-11,14H,1-3,5-6,9H2,(H,18,21). The number of benzene rings is 1. The van der Waals surface area contributed by atoms with Gasteiger partial charge in [-0.2, -0.15) is 0 Å². The van der Waals surface area contributed by atoms with E-state index in [2.05, 4.69) is 5.32 Å². The highest BCUT2D eigenvalue weighted by atomic mass is 35.5. The summed E-state index contributed by atoms with van der Waals surface area (Å²) >= 11 is 5.94. The molecular weight excluding hydrogens is 288 g/mol. The Labute approximate surface area is 129 Å². The van der Waals surface area contributed by atoms with Crippen molar-refractivity contribution in [1.29, 1.82) is 0 Å². The molecule has 1 heterocycles. The first-order valence-corrected chi connectivity index (χ1v) is 7.93. The minimum atomic E-state index is -0.389. The molecule has 4 nitrogen and oxygen atoms in total. The van der Waals surface area contributed by atoms with E-state index in [1.54, 1.807) is 24.3 Å². The van der Waals surface area contributed by atoms with Crippen LogP contribution >= 0.6 is 11.6 Å². The third-order valence-corrected chi connectivity index (χ3v) is 4.61. The maximum absolute atomic E-state index is 12.5. The Balaban J connectivity index is 1.72. The number of anilines is 1. The van der Waals surface area contributed by atoms with E-state index in [0.29, 0.717) is 16.6 Å². The number of rotatable bonds is 3. The minimum Gasteiger partial charge on any atom is -0.325 e. The number of imide groups is 1. The SMILES string of the molecule is O=C1NC(CC2CCCCC2)C(=O)N1c1cccc(Cl)c1. The zero-order valence-corrected chi connectivity index (χ0v) is 12.6. The van der Waals surface area contributed by atoms with Crippen molar-refractivity contribution >= 4 is 29.2 Å². The van der Waals surface area contributed by atoms with Crippen LogP contribution in [-0.2, 0) is 4.79 Å². The lowest BCUT2D eigenvalue weighted by atomic mass is 9.85. The third kappa shape index (κ3) is 3.05. The van der Waals surface area contributed by atoms with Crippen molar-refractivity contribution in [3.63, 3.8) is 0 Å². The van der Waals surface area contributed by atoms with Crippen LogP contribution in [0.15, 0.2) is 24.3 Å². The molecule has 1 aliphatic heterocycles. The first-order valence-electron chi connectivity index (χ1n) is 7.55. The first-order chi connectivity index (χ1) is 10.1. The summed E-state index contributed by atoms with van der Waals surface area (Å²) < 4.78 is 0. The molecule has 1 N–H and O–H groups in total. The number of nitrogens with zero attached hydrogens (tertiary/aromatic N) is 1. The Bertz CT molecular complexity index is 555. The molecule has 2 fully saturated rings. The first kappa shape index (κ1) is 14.4. The summed E-state index contributed by atoms with van der Waals surface area (Å²) in [6, 6.07) is 6.10. The fraction of sp³-hybridized carbons (Fsp3) is 0.500. The van der Waals surface area contributed by atoms with Crippen LogP contribution in [0.2, 0.25) is 5.02 Å². The molecule has 0 aromatic heterocycles. The summed E-state index contributed by atoms with van der Waals surface area (Å²) in [6.45, 7) is 0. The lowest BCUT2D eigenvalue weighted by Crippen LogP contribution is -2.32. The topological polar surface area (TPSA) is 49.4 Å². The number of amides is 3. The van der Waals surface area contributed by atoms with Gasteiger partial charge in [0.05, 0.1) is 5.69 Å². The molecule has 2 aliphatic rings. The monoisotopic (exact) mass is 306 g/mol. The van der Waals surface area contributed by atoms with Gasteiger partial charge in [-0.05, 0) is 30.5 Å². The second-order valence-corrected chi connectivity index (χ2v) is 6.33. The van der Waals surface area contributed by atoms with Crippen LogP contribution in [0.4, 0.5) is 10.5 Å². The Morgan fingerprint density at radius 1 is 1.19 bits per heavy atom. The number of hydrogen-bond acceptors (Lipinski definition) is 2. The molecule has 1 unspecified atom stereocenters. The van der Waals surface area contributed by atoms with Crippen molar-refractivity contribution in [1.82, 2.24) is 5.32 Å². The van der Waals surface area contributed by atoms with Gasteiger partial charge in [0.15, 0.2) is 0 Å². The largest absolute Gasteiger partial charge is 0.329 e. The summed E-state index contributed by atoms with van der Waals surface area (Å²) in [6.07, 6.45) is 6.83. The molecule has 5 heteroatoms. The fourth-order valence-corrected chi connectivity index (χ4v) is 3.49. The van der Waals surface area contributed by atoms with Gasteiger partial charge in [0.2, 0.25) is 0 Å². The molecule has 1 saturated carbocycles. The van der Waals surface area contributed by atoms with Gasteiger partial charge in [0.25, 0.3) is 5.91 Å². The van der Waals surface area contributed by atoms with Crippen molar-refractivity contribution in [2.24, 2.45) is 5.92 Å². The van der Waals surface area contributed by atoms with Crippen LogP contribution in [0.25, 0.3) is 0 Å². The summed E-state index contributed by atoms with van der Waals surface area (Å²) in [5, 5.41) is 3.33. The quantitative estimate of drug-likeness (QED) is 0.865. The van der Waals surface area contributed by atoms with E-state index in [4.69, 9.17) is 11.6 Å². The van der Waals surface area contributed by atoms with Gasteiger partial charge in [-0.15, -0.1) is 0 Å². The Hall–Kier alpha value is -1.55. The zero-order valence-electron chi connectivity index (χ0n) is 11.8. The van der Waals surface area contributed by atoms with Gasteiger partial charge in [-0.25, -0.2) is 9.69 Å². The summed E-state index contributed by atoms with van der Waals surface area (Å²) in [4.78, 5) is 25.8. The second-order valence-electron chi connectivity index (χ2n) is 5.90. The summed E-state index contributed by atoms with van der Waals surface area (Å²) in [7, 11) is 0. The number of urea groups is 1. The van der Waals surface area contributed by atoms with E-state index >= 15 is 0 Å². The molecular formula is C16H19ClN2O2. The van der Waals surface area contributed by atoms with E-state index in [0.717, 1.165) is 19.3 Å². The molecule has 112 valence electrons. The summed E-state index contributed by atoms with van der Waals surface area (Å²) in [5.74, 6) is 0.389. The zero-order chi connectivity index (χ0) is 14.8. The van der Waals surface area contributed by atoms with E-state index in [9.17, 15) is 9.59 Å². The highest BCUT2D eigenvalue weighted by Crippen LogP contribution is 2.30. The molecule has 1 aromatic rings. The number of hydrogen-bond donors (Lipinski definition) is 1. The highest BCUT2D eigenvalue weighted by molar-refractivity contribution is 6.31. The Morgan fingerprint density at radius 3 is 2.67 bits per heavy atom. The lowest BCUT2D eigenvalue weighted by Gasteiger charge is -2.23. The maximum Gasteiger partial charge on any atom is 0.329 e. The van der Waals surface area contributed by atoms with Gasteiger partial charge >= 0.3 is 6.03 Å². The van der Waals surface area contributed by atoms with Crippen molar-refractivity contribution in [2.45, 2.75) is 44.6 Å². The Kier molecular flexibility index (Phi) is 4.15. The molecule has 0 spiro atoms. The molecule has 3 amide bonds. The van der Waals surface area contributed by atoms with Gasteiger partial charge in [0, 0.05) is 5.02 Å². The molecule has 1 saturated heterocycles. The van der Waals surface area contributed by atoms with Crippen LogP contribution in [0.1, 0.15) is 38.5 Å². The number of halogens is 1. The summed E-state index contributed by atoms with van der Waals surface area (Å²) in [5.41, 5.74) is 0.538. The second kappa shape index (κ2) is 6.06. The van der Waals surface area contributed by atoms with Gasteiger partial charge < -0.3 is 5.32 Å². The third-order valence-electron chi connectivity index (χ3n) is 4.38. The smallest absolute Gasteiger partial charge is 0.325 e. The molecule has 3 rings (SSSR count). The van der Waals surface area contributed by atoms with Crippen molar-refractivity contribution in [3.8, 4) is 0 Å². The van der Waals surface area contributed by atoms with E-state index < -0.39 is 0 Å². The van der Waals surface area contributed by atoms with Crippen LogP contribution < -0.4 is 10.2 Å². The number of carbonyl (C=O) groups is 2. The van der Waals surface area contributed by atoms with Crippen LogP contribution in [0, 0.1) is 5.92 Å². The van der Waals surface area contributed by atoms with Crippen molar-refractivity contribution in [2.75, 3.05) is 4.90 Å². The highest BCUT2D eigenvalue weighted by Gasteiger charge is 2.40. The van der Waals surface area contributed by atoms with Crippen molar-refractivity contribution in [3.05, 3.63) is 29.3 Å². The molecule has 1 atom stereocenters. The van der Waals surface area contributed by atoms with Crippen LogP contribution in [-0.4, -0.2) is 18.0 Å². The van der Waals surface area contributed by atoms with Gasteiger partial charge in [-0.3, -0.25) is 4.79 Å². The molecule has 21 heavy (non-hydrogen) atoms. The number of carbonyl (C=O) groups excluding carboxylic acids is 2. The average molecular weight is 307 g/mol. The minimum absolute atomic E-state index is 0.159. The van der Waals surface area contributed by atoms with Gasteiger partial charge in [-0.1, -0.05) is 49.8 Å². The number of nitrogens with one attached hydrogen (secondary N) is 1. The maximum atomic E-state index is 12.5. The predicted molar refractivity (Wildman–Crippen MR) is 82.4 cm³/mol. The predicted octanol–water partition coefficient (Wildman–Crippen LogP) is 3.74. The lowest BCUT2D eigenvalue weighted by molar-refractivity contribution is -0.118.